The fourth-order valence-corrected chi connectivity index (χ4v) is 0. The molecule has 0 aliphatic heterocycles. The second-order valence-electron chi connectivity index (χ2n) is 0. The van der Waals surface area contributed by atoms with Crippen molar-refractivity contribution in [1.29, 1.82) is 0 Å². The van der Waals surface area contributed by atoms with Crippen LogP contribution in [0.2, 0.25) is 0 Å². The molecule has 0 atom stereocenters. The summed E-state index contributed by atoms with van der Waals surface area (Å²) in [5.41, 5.74) is 0. The summed E-state index contributed by atoms with van der Waals surface area (Å²) in [6.07, 6.45) is 0. The maximum atomic E-state index is 7.75. The zero-order valence-electron chi connectivity index (χ0n) is 2.06. The molecule has 0 saturated heterocycles. The minimum absolute atomic E-state index is 0. The van der Waals surface area contributed by atoms with Gasteiger partial charge < -0.3 is 0 Å². The van der Waals surface area contributed by atoms with Gasteiger partial charge in [-0.05, 0) is 0 Å². The van der Waals surface area contributed by atoms with Crippen molar-refractivity contribution < 1.29 is 26.4 Å². The molecule has 4 heteroatoms. The van der Waals surface area contributed by atoms with Gasteiger partial charge in [0.25, 0.3) is 0 Å². The fourth-order valence-electron chi connectivity index (χ4n) is 0. The molecule has 0 aliphatic rings. The van der Waals surface area contributed by atoms with Gasteiger partial charge in [0, 0.05) is 39.1 Å². The smallest absolute Gasteiger partial charge is 0 e. The summed E-state index contributed by atoms with van der Waals surface area (Å²) in [7, 11) is 3.25. The molecule has 16 valence electrons. The predicted octanol–water partition coefficient (Wildman–Crippen LogP) is -0.883. The minimum atomic E-state index is 0. The Morgan fingerprint density at radius 1 is 1.25 bits per heavy atom. The van der Waals surface area contributed by atoms with Gasteiger partial charge in [-0.3, -0.25) is 0 Å². The molecule has 0 aromatic heterocycles. The van der Waals surface area contributed by atoms with E-state index in [9.17, 15) is 0 Å². The van der Waals surface area contributed by atoms with E-state index in [0.717, 1.165) is 0 Å². The molecule has 0 aromatic carbocycles. The third kappa shape index (κ3) is 11.2. The Morgan fingerprint density at radius 3 is 1.25 bits per heavy atom. The van der Waals surface area contributed by atoms with Crippen molar-refractivity contribution in [1.82, 2.24) is 0 Å². The van der Waals surface area contributed by atoms with Crippen molar-refractivity contribution in [3.8, 4) is 0 Å². The first-order chi connectivity index (χ1) is 1.00. The second kappa shape index (κ2) is 32.2. The molecule has 0 heterocycles. The van der Waals surface area contributed by atoms with Gasteiger partial charge in [-0.25, -0.2) is 0 Å². The molecule has 4 radical (unpaired) electrons. The quantitative estimate of drug-likeness (QED) is 0.362. The van der Waals surface area contributed by atoms with Gasteiger partial charge in [0.05, 0.1) is 0 Å². The second-order valence-corrected chi connectivity index (χ2v) is 0. The minimum Gasteiger partial charge on any atom is 0 e. The summed E-state index contributed by atoms with van der Waals surface area (Å²) < 4.78 is 7.75. The summed E-state index contributed by atoms with van der Waals surface area (Å²) in [5.74, 6) is 0. The Morgan fingerprint density at radius 2 is 1.25 bits per heavy atom. The van der Waals surface area contributed by atoms with E-state index in [-0.39, 0.29) is 39.1 Å². The van der Waals surface area contributed by atoms with Crippen LogP contribution in [0.3, 0.4) is 0 Å². The van der Waals surface area contributed by atoms with E-state index < -0.39 is 0 Å². The molecule has 0 N–H and O–H groups in total. The van der Waals surface area contributed by atoms with Crippen molar-refractivity contribution in [2.24, 2.45) is 0 Å². The molecule has 0 bridgehead atoms. The maximum absolute atomic E-state index is 7.75. The summed E-state index contributed by atoms with van der Waals surface area (Å²) in [6.45, 7) is 0. The van der Waals surface area contributed by atoms with Crippen molar-refractivity contribution in [3.63, 3.8) is 0 Å². The zero-order chi connectivity index (χ0) is 2.00. The Labute approximate surface area is 51.6 Å². The first-order valence-corrected chi connectivity index (χ1v) is 0.236. The monoisotopic (exact) mass is 102 g/mol. The number of hydrogen-bond donors (Lipinski definition) is 0. The van der Waals surface area contributed by atoms with E-state index in [2.05, 4.69) is 7.72 Å². The number of rotatable bonds is 0. The standard InChI is InChI=1S/Al.BO.Ti/c;1-2;. The van der Waals surface area contributed by atoms with Crippen LogP contribution in [0.5, 0.6) is 0 Å². The SMILES string of the molecule is [Al].[B]=O.[Ti]. The van der Waals surface area contributed by atoms with Gasteiger partial charge in [-0.15, -0.1) is 0 Å². The van der Waals surface area contributed by atoms with E-state index in [4.69, 9.17) is 4.70 Å². The Bertz CT molecular complexity index is 8.00. The molecule has 1 nitrogen and oxygen atoms in total. The van der Waals surface area contributed by atoms with Crippen LogP contribution in [0.4, 0.5) is 0 Å². The van der Waals surface area contributed by atoms with Crippen LogP contribution in [-0.2, 0) is 26.4 Å². The third-order valence-electron chi connectivity index (χ3n) is 0. The fraction of sp³-hybridized carbons (Fsp3) is 0. The van der Waals surface area contributed by atoms with E-state index in [1.807, 2.05) is 0 Å². The summed E-state index contributed by atoms with van der Waals surface area (Å²) in [4.78, 5) is 0. The Balaban J connectivity index is -0.00000000500. The van der Waals surface area contributed by atoms with E-state index >= 15 is 0 Å². The third-order valence-corrected chi connectivity index (χ3v) is 0. The molecule has 0 rings (SSSR count). The molecule has 0 aromatic rings. The molecule has 0 unspecified atom stereocenters. The molecular formula is AlBOTi. The van der Waals surface area contributed by atoms with Crippen LogP contribution in [0.25, 0.3) is 0 Å². The molecular weight excluding hydrogens is 102 g/mol. The van der Waals surface area contributed by atoms with Crippen molar-refractivity contribution >= 4 is 25.1 Å². The molecule has 0 amide bonds. The first kappa shape index (κ1) is 19.4. The van der Waals surface area contributed by atoms with E-state index in [1.54, 1.807) is 0 Å². The first-order valence-electron chi connectivity index (χ1n) is 0.236. The van der Waals surface area contributed by atoms with Crippen molar-refractivity contribution in [3.05, 3.63) is 0 Å². The maximum Gasteiger partial charge on any atom is 0 e. The summed E-state index contributed by atoms with van der Waals surface area (Å²) in [6, 6.07) is 0. The molecule has 0 aliphatic carbocycles. The van der Waals surface area contributed by atoms with Crippen molar-refractivity contribution in [2.45, 2.75) is 0 Å². The Kier molecular flexibility index (Phi) is 156. The predicted molar refractivity (Wildman–Crippen MR) is 12.2 cm³/mol. The van der Waals surface area contributed by atoms with Gasteiger partial charge in [0.2, 0.25) is 0 Å². The largest absolute Gasteiger partial charge is 0 e. The van der Waals surface area contributed by atoms with Crippen LogP contribution in [0, 0.1) is 0 Å². The summed E-state index contributed by atoms with van der Waals surface area (Å²) >= 11 is 0. The van der Waals surface area contributed by atoms with Gasteiger partial charge in [0.1, 0.15) is 0 Å². The van der Waals surface area contributed by atoms with Crippen LogP contribution < -0.4 is 0 Å². The summed E-state index contributed by atoms with van der Waals surface area (Å²) in [5, 5.41) is 0. The molecule has 4 heavy (non-hydrogen) atoms. The van der Waals surface area contributed by atoms with Crippen molar-refractivity contribution in [2.75, 3.05) is 0 Å². The van der Waals surface area contributed by atoms with E-state index in [1.165, 1.54) is 0 Å². The van der Waals surface area contributed by atoms with Gasteiger partial charge in [0.15, 0.2) is 0 Å². The topological polar surface area (TPSA) is 17.1 Å². The van der Waals surface area contributed by atoms with Crippen LogP contribution in [-0.4, -0.2) is 25.1 Å². The van der Waals surface area contributed by atoms with Gasteiger partial charge >= 0.3 is 12.4 Å². The molecule has 0 saturated carbocycles. The van der Waals surface area contributed by atoms with Crippen LogP contribution >= 0.6 is 0 Å². The van der Waals surface area contributed by atoms with Crippen LogP contribution in [0.15, 0.2) is 0 Å². The molecule has 0 fully saturated rings. The number of hydrogen-bond acceptors (Lipinski definition) is 1. The van der Waals surface area contributed by atoms with Crippen LogP contribution in [0.1, 0.15) is 0 Å². The normalized spacial score (nSPS) is 0.750. The zero-order valence-corrected chi connectivity index (χ0v) is 4.78. The average Bonchev–Trinajstić information content (AvgIpc) is 1.00. The molecule has 0 spiro atoms. The Hall–Kier alpha value is 1.11. The van der Waals surface area contributed by atoms with Gasteiger partial charge in [-0.2, -0.15) is 0 Å². The van der Waals surface area contributed by atoms with E-state index in [0.29, 0.717) is 0 Å². The average molecular weight is 102 g/mol. The van der Waals surface area contributed by atoms with Gasteiger partial charge in [-0.1, -0.05) is 0 Å².